The molecule has 110 valence electrons. The van der Waals surface area contributed by atoms with Crippen molar-refractivity contribution in [2.45, 2.75) is 12.2 Å². The van der Waals surface area contributed by atoms with Crippen molar-refractivity contribution in [3.05, 3.63) is 48.0 Å². The van der Waals surface area contributed by atoms with Crippen LogP contribution in [0.15, 0.2) is 42.5 Å². The van der Waals surface area contributed by atoms with Crippen LogP contribution in [-0.4, -0.2) is 49.2 Å². The number of likely N-dealkylation sites (N-methyl/N-ethyl adjacent to an activating group) is 1. The zero-order valence-corrected chi connectivity index (χ0v) is 11.5. The third-order valence-corrected chi connectivity index (χ3v) is 3.54. The summed E-state index contributed by atoms with van der Waals surface area (Å²) in [6.45, 7) is 3.31. The summed E-state index contributed by atoms with van der Waals surface area (Å²) in [5.74, 6) is 0. The minimum Gasteiger partial charge on any atom is -0.304 e. The molecule has 1 fully saturated rings. The standard InChI is InChI=1S/C15H19F3N2/c1-19-9-11-20(12-10-19)14(7-8-15(16,17)18)13-5-3-2-4-6-13/h2-8,14H,9-12H2,1H3/b8-7+/t14-/m1/s1. The van der Waals surface area contributed by atoms with E-state index in [1.807, 2.05) is 37.4 Å². The van der Waals surface area contributed by atoms with Gasteiger partial charge in [-0.25, -0.2) is 0 Å². The predicted molar refractivity (Wildman–Crippen MR) is 73.4 cm³/mol. The van der Waals surface area contributed by atoms with E-state index >= 15 is 0 Å². The van der Waals surface area contributed by atoms with E-state index in [2.05, 4.69) is 9.80 Å². The minimum atomic E-state index is -4.26. The van der Waals surface area contributed by atoms with E-state index in [-0.39, 0.29) is 6.04 Å². The van der Waals surface area contributed by atoms with Crippen molar-refractivity contribution in [2.75, 3.05) is 33.2 Å². The molecule has 1 aromatic carbocycles. The summed E-state index contributed by atoms with van der Waals surface area (Å²) in [4.78, 5) is 4.28. The van der Waals surface area contributed by atoms with Crippen molar-refractivity contribution in [1.82, 2.24) is 9.80 Å². The Balaban J connectivity index is 2.18. The van der Waals surface area contributed by atoms with Gasteiger partial charge in [0.05, 0.1) is 6.04 Å². The first-order chi connectivity index (χ1) is 9.46. The van der Waals surface area contributed by atoms with Crippen molar-refractivity contribution in [3.8, 4) is 0 Å². The van der Waals surface area contributed by atoms with Crippen LogP contribution in [0.1, 0.15) is 11.6 Å². The predicted octanol–water partition coefficient (Wildman–Crippen LogP) is 3.09. The van der Waals surface area contributed by atoms with Crippen LogP contribution in [-0.2, 0) is 0 Å². The molecule has 0 bridgehead atoms. The lowest BCUT2D eigenvalue weighted by molar-refractivity contribution is -0.0804. The quantitative estimate of drug-likeness (QED) is 0.787. The van der Waals surface area contributed by atoms with Crippen LogP contribution in [0.3, 0.4) is 0 Å². The second-order valence-corrected chi connectivity index (χ2v) is 5.10. The number of hydrogen-bond acceptors (Lipinski definition) is 2. The molecule has 0 spiro atoms. The molecule has 0 N–H and O–H groups in total. The number of nitrogens with zero attached hydrogens (tertiary/aromatic N) is 2. The molecule has 0 radical (unpaired) electrons. The lowest BCUT2D eigenvalue weighted by atomic mass is 10.0. The molecule has 2 nitrogen and oxygen atoms in total. The van der Waals surface area contributed by atoms with Gasteiger partial charge in [-0.05, 0) is 12.6 Å². The molecule has 1 atom stereocenters. The number of benzene rings is 1. The molecule has 5 heteroatoms. The van der Waals surface area contributed by atoms with Gasteiger partial charge in [0.2, 0.25) is 0 Å². The van der Waals surface area contributed by atoms with Gasteiger partial charge < -0.3 is 4.90 Å². The average molecular weight is 284 g/mol. The normalized spacial score (nSPS) is 20.4. The average Bonchev–Trinajstić information content (AvgIpc) is 2.41. The van der Waals surface area contributed by atoms with Crippen LogP contribution < -0.4 is 0 Å². The van der Waals surface area contributed by atoms with Gasteiger partial charge in [0, 0.05) is 32.3 Å². The second kappa shape index (κ2) is 6.41. The fourth-order valence-electron chi connectivity index (χ4n) is 2.39. The van der Waals surface area contributed by atoms with Crippen molar-refractivity contribution in [2.24, 2.45) is 0 Å². The third kappa shape index (κ3) is 4.35. The Morgan fingerprint density at radius 1 is 1.05 bits per heavy atom. The fourth-order valence-corrected chi connectivity index (χ4v) is 2.39. The Kier molecular flexibility index (Phi) is 4.83. The lowest BCUT2D eigenvalue weighted by Gasteiger charge is -2.37. The number of hydrogen-bond donors (Lipinski definition) is 0. The van der Waals surface area contributed by atoms with Crippen LogP contribution in [0.4, 0.5) is 13.2 Å². The molecule has 0 aliphatic carbocycles. The maximum atomic E-state index is 12.4. The number of allylic oxidation sites excluding steroid dienone is 1. The molecule has 0 amide bonds. The highest BCUT2D eigenvalue weighted by atomic mass is 19.4. The lowest BCUT2D eigenvalue weighted by Crippen LogP contribution is -2.45. The smallest absolute Gasteiger partial charge is 0.304 e. The first kappa shape index (κ1) is 15.1. The van der Waals surface area contributed by atoms with Crippen LogP contribution in [0.2, 0.25) is 0 Å². The van der Waals surface area contributed by atoms with Gasteiger partial charge in [-0.2, -0.15) is 13.2 Å². The highest BCUT2D eigenvalue weighted by Crippen LogP contribution is 2.26. The topological polar surface area (TPSA) is 6.48 Å². The third-order valence-electron chi connectivity index (χ3n) is 3.54. The molecule has 2 rings (SSSR count). The molecule has 0 aromatic heterocycles. The van der Waals surface area contributed by atoms with Crippen LogP contribution in [0.5, 0.6) is 0 Å². The number of halogens is 3. The zero-order chi connectivity index (χ0) is 14.6. The van der Waals surface area contributed by atoms with Gasteiger partial charge in [-0.15, -0.1) is 0 Å². The Hall–Kier alpha value is -1.33. The second-order valence-electron chi connectivity index (χ2n) is 5.10. The maximum absolute atomic E-state index is 12.4. The molecule has 1 saturated heterocycles. The molecule has 0 unspecified atom stereocenters. The minimum absolute atomic E-state index is 0.313. The van der Waals surface area contributed by atoms with Crippen LogP contribution in [0.25, 0.3) is 0 Å². The summed E-state index contributed by atoms with van der Waals surface area (Å²) in [6.07, 6.45) is -2.65. The summed E-state index contributed by atoms with van der Waals surface area (Å²) in [6, 6.07) is 9.04. The molecule has 0 saturated carbocycles. The van der Waals surface area contributed by atoms with Crippen molar-refractivity contribution in [3.63, 3.8) is 0 Å². The molecule has 1 aliphatic heterocycles. The van der Waals surface area contributed by atoms with Gasteiger partial charge >= 0.3 is 6.18 Å². The molecular formula is C15H19F3N2. The first-order valence-corrected chi connectivity index (χ1v) is 6.69. The van der Waals surface area contributed by atoms with Gasteiger partial charge in [0.15, 0.2) is 0 Å². The van der Waals surface area contributed by atoms with Crippen molar-refractivity contribution < 1.29 is 13.2 Å². The Bertz CT molecular complexity index is 434. The highest BCUT2D eigenvalue weighted by molar-refractivity contribution is 5.24. The number of alkyl halides is 3. The van der Waals surface area contributed by atoms with Gasteiger partial charge in [0.1, 0.15) is 0 Å². The Morgan fingerprint density at radius 2 is 1.65 bits per heavy atom. The van der Waals surface area contributed by atoms with E-state index < -0.39 is 6.18 Å². The maximum Gasteiger partial charge on any atom is 0.409 e. The zero-order valence-electron chi connectivity index (χ0n) is 11.5. The highest BCUT2D eigenvalue weighted by Gasteiger charge is 2.26. The van der Waals surface area contributed by atoms with E-state index in [0.29, 0.717) is 6.08 Å². The largest absolute Gasteiger partial charge is 0.409 e. The molecule has 1 aromatic rings. The Morgan fingerprint density at radius 3 is 2.20 bits per heavy atom. The van der Waals surface area contributed by atoms with E-state index in [4.69, 9.17) is 0 Å². The molecular weight excluding hydrogens is 265 g/mol. The Labute approximate surface area is 117 Å². The van der Waals surface area contributed by atoms with Gasteiger partial charge in [0.25, 0.3) is 0 Å². The van der Waals surface area contributed by atoms with E-state index in [0.717, 1.165) is 31.7 Å². The SMILES string of the molecule is CN1CCN([C@H](/C=C/C(F)(F)F)c2ccccc2)CC1. The van der Waals surface area contributed by atoms with E-state index in [9.17, 15) is 13.2 Å². The summed E-state index contributed by atoms with van der Waals surface area (Å²) >= 11 is 0. The van der Waals surface area contributed by atoms with Gasteiger partial charge in [-0.1, -0.05) is 36.4 Å². The fraction of sp³-hybridized carbons (Fsp3) is 0.467. The molecule has 1 heterocycles. The first-order valence-electron chi connectivity index (χ1n) is 6.69. The monoisotopic (exact) mass is 284 g/mol. The van der Waals surface area contributed by atoms with Gasteiger partial charge in [-0.3, -0.25) is 4.90 Å². The van der Waals surface area contributed by atoms with Crippen molar-refractivity contribution >= 4 is 0 Å². The molecule has 1 aliphatic rings. The summed E-state index contributed by atoms with van der Waals surface area (Å²) in [5.41, 5.74) is 0.901. The summed E-state index contributed by atoms with van der Waals surface area (Å²) in [7, 11) is 2.03. The molecule has 20 heavy (non-hydrogen) atoms. The van der Waals surface area contributed by atoms with Crippen molar-refractivity contribution in [1.29, 1.82) is 0 Å². The summed E-state index contributed by atoms with van der Waals surface area (Å²) < 4.78 is 37.3. The van der Waals surface area contributed by atoms with E-state index in [1.54, 1.807) is 0 Å². The van der Waals surface area contributed by atoms with Crippen LogP contribution in [0, 0.1) is 0 Å². The summed E-state index contributed by atoms with van der Waals surface area (Å²) in [5, 5.41) is 0. The number of piperazine rings is 1. The number of rotatable bonds is 3. The van der Waals surface area contributed by atoms with Crippen LogP contribution >= 0.6 is 0 Å². The van der Waals surface area contributed by atoms with E-state index in [1.165, 1.54) is 6.08 Å².